The molecule has 2 aromatic heterocycles. The number of anilines is 1. The van der Waals surface area contributed by atoms with Crippen molar-refractivity contribution < 1.29 is 19.1 Å². The molecule has 0 bridgehead atoms. The quantitative estimate of drug-likeness (QED) is 0.409. The maximum absolute atomic E-state index is 13.2. The molecular weight excluding hydrogens is 432 g/mol. The summed E-state index contributed by atoms with van der Waals surface area (Å²) in [6, 6.07) is 18.2. The summed E-state index contributed by atoms with van der Waals surface area (Å²) in [4.78, 5) is 30.6. The second-order valence-corrected chi connectivity index (χ2v) is 7.82. The number of aromatic nitrogens is 3. The molecule has 2 aromatic carbocycles. The number of nitrogens with one attached hydrogen (secondary N) is 1. The Balaban J connectivity index is 1.57. The fraction of sp³-hybridized carbons (Fsp3) is 0.231. The summed E-state index contributed by atoms with van der Waals surface area (Å²) in [7, 11) is 1.78. The number of aryl methyl sites for hydroxylation is 2. The third kappa shape index (κ3) is 4.76. The van der Waals surface area contributed by atoms with Crippen molar-refractivity contribution in [3.05, 3.63) is 71.9 Å². The van der Waals surface area contributed by atoms with E-state index in [2.05, 4.69) is 10.4 Å². The Bertz CT molecular complexity index is 1330. The molecule has 1 unspecified atom stereocenters. The molecule has 34 heavy (non-hydrogen) atoms. The molecule has 174 valence electrons. The number of pyridine rings is 1. The molecule has 0 aliphatic heterocycles. The van der Waals surface area contributed by atoms with Crippen molar-refractivity contribution in [3.8, 4) is 17.0 Å². The Labute approximate surface area is 197 Å². The number of esters is 1. The molecule has 1 atom stereocenters. The van der Waals surface area contributed by atoms with Gasteiger partial charge in [-0.05, 0) is 51.1 Å². The Morgan fingerprint density at radius 1 is 1.09 bits per heavy atom. The zero-order chi connectivity index (χ0) is 24.2. The predicted octanol–water partition coefficient (Wildman–Crippen LogP) is 4.53. The van der Waals surface area contributed by atoms with Gasteiger partial charge in [-0.1, -0.05) is 30.3 Å². The molecule has 0 aliphatic carbocycles. The minimum Gasteiger partial charge on any atom is -0.494 e. The van der Waals surface area contributed by atoms with Crippen LogP contribution < -0.4 is 10.1 Å². The number of fused-ring (bicyclic) bond motifs is 1. The van der Waals surface area contributed by atoms with E-state index in [1.54, 1.807) is 42.1 Å². The summed E-state index contributed by atoms with van der Waals surface area (Å²) in [5, 5.41) is 7.78. The molecule has 1 N–H and O–H groups in total. The number of rotatable bonds is 7. The van der Waals surface area contributed by atoms with E-state index in [-0.39, 0.29) is 0 Å². The van der Waals surface area contributed by atoms with Gasteiger partial charge in [0.05, 0.1) is 28.9 Å². The van der Waals surface area contributed by atoms with Crippen molar-refractivity contribution in [2.75, 3.05) is 11.9 Å². The molecule has 0 spiro atoms. The van der Waals surface area contributed by atoms with E-state index in [1.165, 1.54) is 6.92 Å². The van der Waals surface area contributed by atoms with Crippen molar-refractivity contribution in [1.29, 1.82) is 0 Å². The highest BCUT2D eigenvalue weighted by molar-refractivity contribution is 6.06. The average Bonchev–Trinajstić information content (AvgIpc) is 3.13. The van der Waals surface area contributed by atoms with Gasteiger partial charge in [-0.2, -0.15) is 5.10 Å². The van der Waals surface area contributed by atoms with Crippen molar-refractivity contribution >= 4 is 28.6 Å². The Hall–Kier alpha value is -4.20. The zero-order valence-electron chi connectivity index (χ0n) is 19.5. The second kappa shape index (κ2) is 9.74. The maximum atomic E-state index is 13.2. The molecule has 0 aliphatic rings. The van der Waals surface area contributed by atoms with Gasteiger partial charge in [0.25, 0.3) is 5.91 Å². The zero-order valence-corrected chi connectivity index (χ0v) is 19.5. The van der Waals surface area contributed by atoms with Crippen LogP contribution in [0.1, 0.15) is 29.9 Å². The van der Waals surface area contributed by atoms with E-state index >= 15 is 0 Å². The van der Waals surface area contributed by atoms with Gasteiger partial charge in [-0.3, -0.25) is 9.48 Å². The molecule has 4 aromatic rings. The molecule has 2 heterocycles. The van der Waals surface area contributed by atoms with Crippen LogP contribution in [0.3, 0.4) is 0 Å². The third-order valence-electron chi connectivity index (χ3n) is 5.34. The number of amides is 1. The number of nitrogens with zero attached hydrogens (tertiary/aromatic N) is 3. The number of carbonyl (C=O) groups is 2. The Kier molecular flexibility index (Phi) is 6.58. The van der Waals surface area contributed by atoms with Crippen molar-refractivity contribution in [2.45, 2.75) is 26.9 Å². The van der Waals surface area contributed by atoms with Crippen LogP contribution in [0.25, 0.3) is 22.3 Å². The molecule has 8 heteroatoms. The molecule has 0 saturated carbocycles. The van der Waals surface area contributed by atoms with Gasteiger partial charge in [-0.25, -0.2) is 9.78 Å². The summed E-state index contributed by atoms with van der Waals surface area (Å²) in [5.74, 6) is -0.341. The predicted molar refractivity (Wildman–Crippen MR) is 130 cm³/mol. The second-order valence-electron chi connectivity index (χ2n) is 7.82. The van der Waals surface area contributed by atoms with Crippen molar-refractivity contribution in [1.82, 2.24) is 14.8 Å². The Morgan fingerprint density at radius 2 is 1.79 bits per heavy atom. The summed E-state index contributed by atoms with van der Waals surface area (Å²) >= 11 is 0. The lowest BCUT2D eigenvalue weighted by molar-refractivity contribution is -0.123. The van der Waals surface area contributed by atoms with Crippen LogP contribution in [0.15, 0.2) is 60.7 Å². The van der Waals surface area contributed by atoms with Crippen LogP contribution in [-0.4, -0.2) is 39.4 Å². The average molecular weight is 459 g/mol. The van der Waals surface area contributed by atoms with E-state index in [9.17, 15) is 9.59 Å². The smallest absolute Gasteiger partial charge is 0.339 e. The fourth-order valence-corrected chi connectivity index (χ4v) is 3.69. The van der Waals surface area contributed by atoms with E-state index in [0.717, 1.165) is 5.56 Å². The lowest BCUT2D eigenvalue weighted by Gasteiger charge is -2.15. The number of hydrogen-bond acceptors (Lipinski definition) is 6. The summed E-state index contributed by atoms with van der Waals surface area (Å²) < 4.78 is 12.6. The monoisotopic (exact) mass is 458 g/mol. The van der Waals surface area contributed by atoms with Crippen LogP contribution >= 0.6 is 0 Å². The lowest BCUT2D eigenvalue weighted by Crippen LogP contribution is -2.30. The molecule has 0 fully saturated rings. The summed E-state index contributed by atoms with van der Waals surface area (Å²) in [5.41, 5.74) is 3.60. The van der Waals surface area contributed by atoms with E-state index < -0.39 is 18.0 Å². The standard InChI is InChI=1S/C26H26N4O4/c1-5-33-20-13-11-19(12-14-20)27-25(31)17(3)34-26(32)21-15-22(18-9-7-6-8-10-18)28-24-23(21)16(2)29-30(24)4/h6-15,17H,5H2,1-4H3,(H,27,31). The lowest BCUT2D eigenvalue weighted by atomic mass is 10.1. The SMILES string of the molecule is CCOc1ccc(NC(=O)C(C)OC(=O)c2cc(-c3ccccc3)nc3c2c(C)nn3C)cc1. The van der Waals surface area contributed by atoms with Crippen molar-refractivity contribution in [2.24, 2.45) is 7.05 Å². The molecule has 8 nitrogen and oxygen atoms in total. The number of carbonyl (C=O) groups excluding carboxylic acids is 2. The van der Waals surface area contributed by atoms with E-state index in [1.807, 2.05) is 44.2 Å². The van der Waals surface area contributed by atoms with Crippen LogP contribution in [0.2, 0.25) is 0 Å². The van der Waals surface area contributed by atoms with Crippen LogP contribution in [-0.2, 0) is 16.6 Å². The number of ether oxygens (including phenoxy) is 2. The summed E-state index contributed by atoms with van der Waals surface area (Å²) in [6.45, 7) is 5.81. The van der Waals surface area contributed by atoms with Gasteiger partial charge in [-0.15, -0.1) is 0 Å². The van der Waals surface area contributed by atoms with Gasteiger partial charge in [0.15, 0.2) is 11.8 Å². The first-order chi connectivity index (χ1) is 16.4. The highest BCUT2D eigenvalue weighted by atomic mass is 16.5. The first kappa shape index (κ1) is 23.0. The normalized spacial score (nSPS) is 11.8. The molecule has 0 saturated heterocycles. The number of benzene rings is 2. The van der Waals surface area contributed by atoms with Gasteiger partial charge in [0.1, 0.15) is 5.75 Å². The van der Waals surface area contributed by atoms with Gasteiger partial charge >= 0.3 is 5.97 Å². The van der Waals surface area contributed by atoms with E-state index in [0.29, 0.717) is 46.0 Å². The highest BCUT2D eigenvalue weighted by Gasteiger charge is 2.24. The third-order valence-corrected chi connectivity index (χ3v) is 5.34. The number of hydrogen-bond donors (Lipinski definition) is 1. The van der Waals surface area contributed by atoms with E-state index in [4.69, 9.17) is 14.5 Å². The molecule has 0 radical (unpaired) electrons. The minimum absolute atomic E-state index is 0.315. The van der Waals surface area contributed by atoms with Gasteiger partial charge in [0.2, 0.25) is 0 Å². The molecule has 1 amide bonds. The highest BCUT2D eigenvalue weighted by Crippen LogP contribution is 2.27. The van der Waals surface area contributed by atoms with Crippen LogP contribution in [0.4, 0.5) is 5.69 Å². The van der Waals surface area contributed by atoms with Crippen LogP contribution in [0.5, 0.6) is 5.75 Å². The molecular formula is C26H26N4O4. The first-order valence-electron chi connectivity index (χ1n) is 11.0. The largest absolute Gasteiger partial charge is 0.494 e. The van der Waals surface area contributed by atoms with Gasteiger partial charge < -0.3 is 14.8 Å². The van der Waals surface area contributed by atoms with Gasteiger partial charge in [0, 0.05) is 18.3 Å². The topological polar surface area (TPSA) is 95.3 Å². The first-order valence-corrected chi connectivity index (χ1v) is 11.0. The molecule has 4 rings (SSSR count). The minimum atomic E-state index is -1.01. The fourth-order valence-electron chi connectivity index (χ4n) is 3.69. The summed E-state index contributed by atoms with van der Waals surface area (Å²) in [6.07, 6.45) is -1.01. The van der Waals surface area contributed by atoms with Crippen LogP contribution in [0, 0.1) is 6.92 Å². The Morgan fingerprint density at radius 3 is 2.47 bits per heavy atom. The maximum Gasteiger partial charge on any atom is 0.339 e. The van der Waals surface area contributed by atoms with Crippen molar-refractivity contribution in [3.63, 3.8) is 0 Å².